The van der Waals surface area contributed by atoms with E-state index in [9.17, 15) is 4.79 Å². The average molecular weight is 112 g/mol. The van der Waals surface area contributed by atoms with Crippen molar-refractivity contribution in [2.45, 2.75) is 6.42 Å². The standard InChI is InChI=1S/C6H8O2/c7-3-6-1-5(6)2-8-4-6/h3,5H,1-2,4H2/t5-,6-/m0/s1. The molecule has 0 aromatic carbocycles. The van der Waals surface area contributed by atoms with E-state index in [1.54, 1.807) is 0 Å². The summed E-state index contributed by atoms with van der Waals surface area (Å²) >= 11 is 0. The number of rotatable bonds is 1. The molecule has 0 bridgehead atoms. The molecular formula is C6H8O2. The van der Waals surface area contributed by atoms with Crippen molar-refractivity contribution in [3.05, 3.63) is 0 Å². The van der Waals surface area contributed by atoms with Crippen LogP contribution >= 0.6 is 0 Å². The molecule has 44 valence electrons. The highest BCUT2D eigenvalue weighted by Gasteiger charge is 2.58. The van der Waals surface area contributed by atoms with E-state index in [1.807, 2.05) is 0 Å². The lowest BCUT2D eigenvalue weighted by molar-refractivity contribution is -0.112. The van der Waals surface area contributed by atoms with Crippen LogP contribution < -0.4 is 0 Å². The lowest BCUT2D eigenvalue weighted by Crippen LogP contribution is -2.05. The summed E-state index contributed by atoms with van der Waals surface area (Å²) < 4.78 is 5.07. The Labute approximate surface area is 47.8 Å². The van der Waals surface area contributed by atoms with Crippen molar-refractivity contribution < 1.29 is 9.53 Å². The normalized spacial score (nSPS) is 50.8. The molecule has 1 aliphatic carbocycles. The molecule has 2 fully saturated rings. The highest BCUT2D eigenvalue weighted by molar-refractivity contribution is 5.65. The van der Waals surface area contributed by atoms with Crippen molar-refractivity contribution in [2.24, 2.45) is 11.3 Å². The summed E-state index contributed by atoms with van der Waals surface area (Å²) in [7, 11) is 0. The number of ether oxygens (including phenoxy) is 1. The minimum Gasteiger partial charge on any atom is -0.380 e. The molecule has 2 atom stereocenters. The van der Waals surface area contributed by atoms with Crippen LogP contribution in [0.25, 0.3) is 0 Å². The molecule has 0 aromatic rings. The van der Waals surface area contributed by atoms with Crippen molar-refractivity contribution in [1.29, 1.82) is 0 Å². The first-order valence-corrected chi connectivity index (χ1v) is 2.91. The molecule has 0 N–H and O–H groups in total. The first-order valence-electron chi connectivity index (χ1n) is 2.91. The van der Waals surface area contributed by atoms with E-state index in [0.717, 1.165) is 19.3 Å². The van der Waals surface area contributed by atoms with Crippen LogP contribution in [0, 0.1) is 11.3 Å². The topological polar surface area (TPSA) is 26.3 Å². The maximum atomic E-state index is 10.3. The van der Waals surface area contributed by atoms with Crippen LogP contribution in [-0.4, -0.2) is 19.5 Å². The van der Waals surface area contributed by atoms with Crippen LogP contribution in [0.4, 0.5) is 0 Å². The predicted molar refractivity (Wildman–Crippen MR) is 27.4 cm³/mol. The van der Waals surface area contributed by atoms with E-state index in [4.69, 9.17) is 4.74 Å². The monoisotopic (exact) mass is 112 g/mol. The molecule has 1 saturated heterocycles. The van der Waals surface area contributed by atoms with Gasteiger partial charge in [-0.25, -0.2) is 0 Å². The van der Waals surface area contributed by atoms with Gasteiger partial charge in [-0.15, -0.1) is 0 Å². The zero-order chi connectivity index (χ0) is 5.61. The van der Waals surface area contributed by atoms with Gasteiger partial charge < -0.3 is 9.53 Å². The zero-order valence-corrected chi connectivity index (χ0v) is 4.59. The minimum atomic E-state index is 0.000000000000000222. The number of hydrogen-bond acceptors (Lipinski definition) is 2. The summed E-state index contributed by atoms with van der Waals surface area (Å²) in [4.78, 5) is 10.3. The molecule has 0 spiro atoms. The largest absolute Gasteiger partial charge is 0.380 e. The lowest BCUT2D eigenvalue weighted by Gasteiger charge is -1.95. The fourth-order valence-electron chi connectivity index (χ4n) is 1.37. The number of carbonyl (C=O) groups is 1. The molecule has 0 aromatic heterocycles. The maximum Gasteiger partial charge on any atom is 0.128 e. The second-order valence-corrected chi connectivity index (χ2v) is 2.77. The van der Waals surface area contributed by atoms with Gasteiger partial charge in [0, 0.05) is 0 Å². The number of aldehydes is 1. The molecule has 0 unspecified atom stereocenters. The smallest absolute Gasteiger partial charge is 0.128 e. The Kier molecular flexibility index (Phi) is 0.637. The first kappa shape index (κ1) is 4.50. The number of hydrogen-bond donors (Lipinski definition) is 0. The quantitative estimate of drug-likeness (QED) is 0.453. The number of carbonyl (C=O) groups excluding carboxylic acids is 1. The van der Waals surface area contributed by atoms with Gasteiger partial charge in [-0.05, 0) is 12.3 Å². The predicted octanol–water partition coefficient (Wildman–Crippen LogP) is 0.222. The van der Waals surface area contributed by atoms with E-state index in [2.05, 4.69) is 0 Å². The molecule has 1 heterocycles. The van der Waals surface area contributed by atoms with Crippen molar-refractivity contribution in [2.75, 3.05) is 13.2 Å². The molecule has 2 nitrogen and oxygen atoms in total. The van der Waals surface area contributed by atoms with Crippen LogP contribution in [-0.2, 0) is 9.53 Å². The van der Waals surface area contributed by atoms with Gasteiger partial charge >= 0.3 is 0 Å². The summed E-state index contributed by atoms with van der Waals surface area (Å²) in [5.41, 5.74) is 0.000000000000000222. The second-order valence-electron chi connectivity index (χ2n) is 2.77. The first-order chi connectivity index (χ1) is 3.87. The summed E-state index contributed by atoms with van der Waals surface area (Å²) in [5, 5.41) is 0. The van der Waals surface area contributed by atoms with Crippen LogP contribution in [0.2, 0.25) is 0 Å². The van der Waals surface area contributed by atoms with Crippen molar-refractivity contribution >= 4 is 6.29 Å². The summed E-state index contributed by atoms with van der Waals surface area (Å²) in [6.45, 7) is 1.50. The van der Waals surface area contributed by atoms with Crippen LogP contribution in [0.1, 0.15) is 6.42 Å². The number of fused-ring (bicyclic) bond motifs is 1. The van der Waals surface area contributed by atoms with Gasteiger partial charge in [-0.1, -0.05) is 0 Å². The van der Waals surface area contributed by atoms with Gasteiger partial charge in [0.05, 0.1) is 18.6 Å². The Balaban J connectivity index is 2.18. The van der Waals surface area contributed by atoms with E-state index in [-0.39, 0.29) is 5.41 Å². The third-order valence-electron chi connectivity index (χ3n) is 2.20. The van der Waals surface area contributed by atoms with Gasteiger partial charge in [-0.2, -0.15) is 0 Å². The molecule has 1 aliphatic heterocycles. The summed E-state index contributed by atoms with van der Waals surface area (Å²) in [5.74, 6) is 0.583. The zero-order valence-electron chi connectivity index (χ0n) is 4.59. The highest BCUT2D eigenvalue weighted by Crippen LogP contribution is 2.54. The van der Waals surface area contributed by atoms with Gasteiger partial charge in [0.1, 0.15) is 6.29 Å². The van der Waals surface area contributed by atoms with Gasteiger partial charge in [-0.3, -0.25) is 0 Å². The molecule has 2 rings (SSSR count). The fourth-order valence-corrected chi connectivity index (χ4v) is 1.37. The van der Waals surface area contributed by atoms with E-state index >= 15 is 0 Å². The highest BCUT2D eigenvalue weighted by atomic mass is 16.5. The van der Waals surface area contributed by atoms with Crippen LogP contribution in [0.15, 0.2) is 0 Å². The average Bonchev–Trinajstić information content (AvgIpc) is 2.38. The van der Waals surface area contributed by atoms with Gasteiger partial charge in [0.15, 0.2) is 0 Å². The van der Waals surface area contributed by atoms with Crippen molar-refractivity contribution in [3.63, 3.8) is 0 Å². The fraction of sp³-hybridized carbons (Fsp3) is 0.833. The molecule has 0 amide bonds. The Morgan fingerprint density at radius 2 is 2.62 bits per heavy atom. The molecule has 8 heavy (non-hydrogen) atoms. The Bertz CT molecular complexity index is 132. The third kappa shape index (κ3) is 0.348. The third-order valence-corrected chi connectivity index (χ3v) is 2.20. The van der Waals surface area contributed by atoms with E-state index < -0.39 is 0 Å². The molecule has 2 heteroatoms. The Hall–Kier alpha value is -0.370. The van der Waals surface area contributed by atoms with Crippen molar-refractivity contribution in [1.82, 2.24) is 0 Å². The van der Waals surface area contributed by atoms with E-state index in [0.29, 0.717) is 12.5 Å². The Morgan fingerprint density at radius 1 is 1.75 bits per heavy atom. The minimum absolute atomic E-state index is 0.000000000000000222. The van der Waals surface area contributed by atoms with Gasteiger partial charge in [0.25, 0.3) is 0 Å². The second kappa shape index (κ2) is 1.13. The SMILES string of the molecule is O=C[C@@]12COC[C@@H]1C2. The Morgan fingerprint density at radius 3 is 2.88 bits per heavy atom. The molecule has 0 radical (unpaired) electrons. The van der Waals surface area contributed by atoms with E-state index in [1.165, 1.54) is 0 Å². The maximum absolute atomic E-state index is 10.3. The lowest BCUT2D eigenvalue weighted by atomic mass is 10.1. The van der Waals surface area contributed by atoms with Crippen LogP contribution in [0.3, 0.4) is 0 Å². The molecule has 1 saturated carbocycles. The molecule has 2 aliphatic rings. The molecular weight excluding hydrogens is 104 g/mol. The summed E-state index contributed by atoms with van der Waals surface area (Å²) in [6, 6.07) is 0. The van der Waals surface area contributed by atoms with Crippen LogP contribution in [0.5, 0.6) is 0 Å². The summed E-state index contributed by atoms with van der Waals surface area (Å²) in [6.07, 6.45) is 2.14. The van der Waals surface area contributed by atoms with Crippen molar-refractivity contribution in [3.8, 4) is 0 Å². The van der Waals surface area contributed by atoms with Gasteiger partial charge in [0.2, 0.25) is 0 Å².